The van der Waals surface area contributed by atoms with E-state index in [4.69, 9.17) is 0 Å². The first-order chi connectivity index (χ1) is 7.26. The van der Waals surface area contributed by atoms with Gasteiger partial charge in [-0.1, -0.05) is 6.92 Å². The third-order valence-corrected chi connectivity index (χ3v) is 3.51. The van der Waals surface area contributed by atoms with Crippen LogP contribution in [0.15, 0.2) is 16.8 Å². The molecule has 0 radical (unpaired) electrons. The van der Waals surface area contributed by atoms with Crippen molar-refractivity contribution in [3.8, 4) is 0 Å². The van der Waals surface area contributed by atoms with Gasteiger partial charge in [-0.25, -0.2) is 0 Å². The predicted molar refractivity (Wildman–Crippen MR) is 63.2 cm³/mol. The van der Waals surface area contributed by atoms with Crippen LogP contribution >= 0.6 is 11.3 Å². The van der Waals surface area contributed by atoms with Crippen molar-refractivity contribution in [2.45, 2.75) is 25.3 Å². The van der Waals surface area contributed by atoms with Crippen LogP contribution in [-0.2, 0) is 6.42 Å². The Balaban J connectivity index is 2.34. The highest BCUT2D eigenvalue weighted by Gasteiger charge is 2.25. The molecule has 1 rings (SSSR count). The van der Waals surface area contributed by atoms with Gasteiger partial charge >= 0.3 is 0 Å². The smallest absolute Gasteiger partial charge is 0.0645 e. The molecular formula is C11H19NO2S. The fourth-order valence-corrected chi connectivity index (χ4v) is 2.12. The number of nitrogens with one attached hydrogen (secondary N) is 1. The SMILES string of the molecule is CCC(CO)(CO)NCCc1ccsc1. The quantitative estimate of drug-likeness (QED) is 0.654. The van der Waals surface area contributed by atoms with Crippen LogP contribution in [0.5, 0.6) is 0 Å². The Morgan fingerprint density at radius 2 is 2.13 bits per heavy atom. The lowest BCUT2D eigenvalue weighted by Gasteiger charge is -2.29. The van der Waals surface area contributed by atoms with Gasteiger partial charge in [-0.2, -0.15) is 11.3 Å². The lowest BCUT2D eigenvalue weighted by atomic mass is 9.98. The highest BCUT2D eigenvalue weighted by molar-refractivity contribution is 7.07. The van der Waals surface area contributed by atoms with Crippen molar-refractivity contribution >= 4 is 11.3 Å². The van der Waals surface area contributed by atoms with E-state index in [0.717, 1.165) is 19.4 Å². The van der Waals surface area contributed by atoms with Crippen LogP contribution in [0.3, 0.4) is 0 Å². The topological polar surface area (TPSA) is 52.5 Å². The molecule has 0 unspecified atom stereocenters. The summed E-state index contributed by atoms with van der Waals surface area (Å²) in [5, 5.41) is 25.8. The van der Waals surface area contributed by atoms with Crippen LogP contribution in [0.25, 0.3) is 0 Å². The lowest BCUT2D eigenvalue weighted by Crippen LogP contribution is -2.51. The Hall–Kier alpha value is -0.420. The Labute approximate surface area is 94.8 Å². The average Bonchev–Trinajstić information content (AvgIpc) is 2.78. The van der Waals surface area contributed by atoms with Gasteiger partial charge in [-0.3, -0.25) is 0 Å². The molecule has 1 aromatic heterocycles. The minimum Gasteiger partial charge on any atom is -0.394 e. The van der Waals surface area contributed by atoms with E-state index < -0.39 is 5.54 Å². The molecule has 0 saturated carbocycles. The van der Waals surface area contributed by atoms with Crippen molar-refractivity contribution in [1.82, 2.24) is 5.32 Å². The number of aliphatic hydroxyl groups is 2. The summed E-state index contributed by atoms with van der Waals surface area (Å²) >= 11 is 1.69. The second kappa shape index (κ2) is 6.23. The fraction of sp³-hybridized carbons (Fsp3) is 0.636. The van der Waals surface area contributed by atoms with E-state index in [9.17, 15) is 10.2 Å². The summed E-state index contributed by atoms with van der Waals surface area (Å²) in [6.07, 6.45) is 1.66. The molecule has 0 bridgehead atoms. The maximum atomic E-state index is 9.21. The standard InChI is InChI=1S/C11H19NO2S/c1-2-11(8-13,9-14)12-5-3-10-4-6-15-7-10/h4,6-7,12-14H,2-3,5,8-9H2,1H3. The van der Waals surface area contributed by atoms with E-state index in [0.29, 0.717) is 0 Å². The van der Waals surface area contributed by atoms with Gasteiger partial charge in [-0.15, -0.1) is 0 Å². The third-order valence-electron chi connectivity index (χ3n) is 2.78. The van der Waals surface area contributed by atoms with Crippen LogP contribution in [0, 0.1) is 0 Å². The molecule has 3 N–H and O–H groups in total. The Bertz CT molecular complexity index is 249. The molecule has 0 aromatic carbocycles. The van der Waals surface area contributed by atoms with Crippen molar-refractivity contribution in [3.63, 3.8) is 0 Å². The predicted octanol–water partition coefficient (Wildman–Crippen LogP) is 1.01. The molecule has 0 aliphatic heterocycles. The summed E-state index contributed by atoms with van der Waals surface area (Å²) < 4.78 is 0. The molecule has 0 saturated heterocycles. The maximum Gasteiger partial charge on any atom is 0.0645 e. The second-order valence-electron chi connectivity index (χ2n) is 3.76. The summed E-state index contributed by atoms with van der Waals surface area (Å²) in [4.78, 5) is 0. The van der Waals surface area contributed by atoms with Crippen molar-refractivity contribution in [2.24, 2.45) is 0 Å². The van der Waals surface area contributed by atoms with Gasteiger partial charge in [0, 0.05) is 0 Å². The summed E-state index contributed by atoms with van der Waals surface area (Å²) in [5.74, 6) is 0. The van der Waals surface area contributed by atoms with Crippen LogP contribution in [0.2, 0.25) is 0 Å². The van der Waals surface area contributed by atoms with Crippen molar-refractivity contribution < 1.29 is 10.2 Å². The zero-order valence-electron chi connectivity index (χ0n) is 9.07. The van der Waals surface area contributed by atoms with Crippen LogP contribution in [0.4, 0.5) is 0 Å². The minimum absolute atomic E-state index is 0.0242. The summed E-state index contributed by atoms with van der Waals surface area (Å²) in [6.45, 7) is 2.70. The van der Waals surface area contributed by atoms with Gasteiger partial charge < -0.3 is 15.5 Å². The van der Waals surface area contributed by atoms with E-state index in [1.54, 1.807) is 11.3 Å². The molecule has 15 heavy (non-hydrogen) atoms. The molecule has 86 valence electrons. The maximum absolute atomic E-state index is 9.21. The van der Waals surface area contributed by atoms with E-state index in [1.807, 2.05) is 6.92 Å². The monoisotopic (exact) mass is 229 g/mol. The zero-order valence-corrected chi connectivity index (χ0v) is 9.89. The Morgan fingerprint density at radius 3 is 2.60 bits per heavy atom. The van der Waals surface area contributed by atoms with Gasteiger partial charge in [0.05, 0.1) is 18.8 Å². The molecular weight excluding hydrogens is 210 g/mol. The van der Waals surface area contributed by atoms with Crippen molar-refractivity contribution in [1.29, 1.82) is 0 Å². The van der Waals surface area contributed by atoms with E-state index in [1.165, 1.54) is 5.56 Å². The molecule has 4 heteroatoms. The van der Waals surface area contributed by atoms with Gasteiger partial charge in [0.2, 0.25) is 0 Å². The number of aliphatic hydroxyl groups excluding tert-OH is 2. The molecule has 0 aliphatic carbocycles. The Kier molecular flexibility index (Phi) is 5.25. The molecule has 0 aliphatic rings. The number of hydrogen-bond donors (Lipinski definition) is 3. The largest absolute Gasteiger partial charge is 0.394 e. The highest BCUT2D eigenvalue weighted by atomic mass is 32.1. The normalized spacial score (nSPS) is 11.9. The minimum atomic E-state index is -0.518. The first kappa shape index (κ1) is 12.6. The zero-order chi connectivity index (χ0) is 11.1. The second-order valence-corrected chi connectivity index (χ2v) is 4.54. The van der Waals surface area contributed by atoms with Crippen LogP contribution < -0.4 is 5.32 Å². The molecule has 0 fully saturated rings. The molecule has 3 nitrogen and oxygen atoms in total. The third kappa shape index (κ3) is 3.57. The van der Waals surface area contributed by atoms with Gasteiger partial charge in [0.15, 0.2) is 0 Å². The Morgan fingerprint density at radius 1 is 1.40 bits per heavy atom. The summed E-state index contributed by atoms with van der Waals surface area (Å²) in [6, 6.07) is 2.10. The molecule has 1 heterocycles. The lowest BCUT2D eigenvalue weighted by molar-refractivity contribution is 0.0883. The van der Waals surface area contributed by atoms with Gasteiger partial charge in [0.25, 0.3) is 0 Å². The van der Waals surface area contributed by atoms with Crippen molar-refractivity contribution in [3.05, 3.63) is 22.4 Å². The van der Waals surface area contributed by atoms with Crippen LogP contribution in [0.1, 0.15) is 18.9 Å². The van der Waals surface area contributed by atoms with Gasteiger partial charge in [-0.05, 0) is 41.8 Å². The molecule has 0 atom stereocenters. The van der Waals surface area contributed by atoms with Gasteiger partial charge in [0.1, 0.15) is 0 Å². The first-order valence-corrected chi connectivity index (χ1v) is 6.18. The van der Waals surface area contributed by atoms with E-state index in [2.05, 4.69) is 22.1 Å². The fourth-order valence-electron chi connectivity index (χ4n) is 1.42. The average molecular weight is 229 g/mol. The number of hydrogen-bond acceptors (Lipinski definition) is 4. The number of rotatable bonds is 7. The molecule has 0 spiro atoms. The molecule has 0 amide bonds. The first-order valence-electron chi connectivity index (χ1n) is 5.24. The summed E-state index contributed by atoms with van der Waals surface area (Å²) in [7, 11) is 0. The molecule has 1 aromatic rings. The van der Waals surface area contributed by atoms with Crippen LogP contribution in [-0.4, -0.2) is 35.5 Å². The van der Waals surface area contributed by atoms with E-state index >= 15 is 0 Å². The summed E-state index contributed by atoms with van der Waals surface area (Å²) in [5.41, 5.74) is 0.782. The van der Waals surface area contributed by atoms with Crippen molar-refractivity contribution in [2.75, 3.05) is 19.8 Å². The van der Waals surface area contributed by atoms with E-state index in [-0.39, 0.29) is 13.2 Å². The highest BCUT2D eigenvalue weighted by Crippen LogP contribution is 2.10. The number of thiophene rings is 1.